The first-order valence-corrected chi connectivity index (χ1v) is 12.0. The Morgan fingerprint density at radius 1 is 0.811 bits per heavy atom. The molecule has 37 heavy (non-hydrogen) atoms. The van der Waals surface area contributed by atoms with Crippen LogP contribution in [-0.2, 0) is 4.79 Å². The molecule has 6 heteroatoms. The highest BCUT2D eigenvalue weighted by Crippen LogP contribution is 2.33. The molecule has 0 fully saturated rings. The molecule has 0 radical (unpaired) electrons. The van der Waals surface area contributed by atoms with Crippen LogP contribution in [0.25, 0.3) is 11.1 Å². The molecule has 0 aliphatic carbocycles. The smallest absolute Gasteiger partial charge is 0.322 e. The first kappa shape index (κ1) is 25.5. The molecule has 1 aromatic heterocycles. The molecule has 0 aliphatic heterocycles. The summed E-state index contributed by atoms with van der Waals surface area (Å²) in [4.78, 5) is 40.7. The number of benzene rings is 3. The van der Waals surface area contributed by atoms with E-state index in [0.717, 1.165) is 33.5 Å². The molecular weight excluding hydrogens is 464 g/mol. The van der Waals surface area contributed by atoms with Crippen molar-refractivity contribution in [2.24, 2.45) is 0 Å². The average Bonchev–Trinajstić information content (AvgIpc) is 2.91. The van der Waals surface area contributed by atoms with Crippen molar-refractivity contribution in [3.8, 4) is 11.1 Å². The zero-order valence-electron chi connectivity index (χ0n) is 20.8. The fourth-order valence-electron chi connectivity index (χ4n) is 4.28. The lowest BCUT2D eigenvalue weighted by Gasteiger charge is -2.19. The Morgan fingerprint density at radius 3 is 2.22 bits per heavy atom. The van der Waals surface area contributed by atoms with Crippen LogP contribution in [0.3, 0.4) is 0 Å². The maximum Gasteiger partial charge on any atom is 0.322 e. The van der Waals surface area contributed by atoms with Crippen molar-refractivity contribution in [1.29, 1.82) is 0 Å². The Hall–Kier alpha value is -4.58. The number of rotatable bonds is 9. The minimum absolute atomic E-state index is 0.0403. The number of nitrogens with one attached hydrogen (secondary N) is 1. The first-order chi connectivity index (χ1) is 17.8. The number of aryl methyl sites for hydroxylation is 2. The van der Waals surface area contributed by atoms with E-state index in [2.05, 4.69) is 22.4 Å². The molecule has 0 saturated carbocycles. The number of ketones is 1. The summed E-state index contributed by atoms with van der Waals surface area (Å²) < 4.78 is 0. The van der Waals surface area contributed by atoms with Crippen LogP contribution in [0.1, 0.15) is 55.4 Å². The summed E-state index contributed by atoms with van der Waals surface area (Å²) in [6.07, 6.45) is 1.96. The van der Waals surface area contributed by atoms with E-state index in [1.165, 1.54) is 0 Å². The van der Waals surface area contributed by atoms with Gasteiger partial charge < -0.3 is 10.4 Å². The maximum absolute atomic E-state index is 13.3. The van der Waals surface area contributed by atoms with Gasteiger partial charge in [0.1, 0.15) is 6.54 Å². The highest BCUT2D eigenvalue weighted by Gasteiger charge is 2.20. The number of pyridine rings is 1. The third-order valence-corrected chi connectivity index (χ3v) is 6.24. The van der Waals surface area contributed by atoms with Crippen molar-refractivity contribution in [1.82, 2.24) is 10.3 Å². The number of hydrogen-bond acceptors (Lipinski definition) is 4. The molecule has 0 saturated heterocycles. The molecule has 1 amide bonds. The lowest BCUT2D eigenvalue weighted by Crippen LogP contribution is -2.29. The monoisotopic (exact) mass is 492 g/mol. The Labute approximate surface area is 216 Å². The van der Waals surface area contributed by atoms with Crippen molar-refractivity contribution in [3.63, 3.8) is 0 Å². The van der Waals surface area contributed by atoms with Gasteiger partial charge in [0.25, 0.3) is 5.91 Å². The predicted octanol–water partition coefficient (Wildman–Crippen LogP) is 5.58. The third-order valence-electron chi connectivity index (χ3n) is 6.24. The number of carbonyl (C=O) groups excluding carboxylic acids is 2. The fourth-order valence-corrected chi connectivity index (χ4v) is 4.28. The second-order valence-corrected chi connectivity index (χ2v) is 9.06. The normalized spacial score (nSPS) is 11.5. The van der Waals surface area contributed by atoms with Crippen LogP contribution in [0.15, 0.2) is 91.1 Å². The summed E-state index contributed by atoms with van der Waals surface area (Å²) in [5.74, 6) is -1.67. The highest BCUT2D eigenvalue weighted by molar-refractivity contribution is 5.97. The van der Waals surface area contributed by atoms with Crippen LogP contribution in [0, 0.1) is 13.8 Å². The number of aliphatic carboxylic acids is 1. The lowest BCUT2D eigenvalue weighted by atomic mass is 9.84. The number of carboxylic acids is 1. The van der Waals surface area contributed by atoms with E-state index in [0.29, 0.717) is 17.5 Å². The second-order valence-electron chi connectivity index (χ2n) is 9.06. The zero-order valence-corrected chi connectivity index (χ0v) is 20.8. The minimum Gasteiger partial charge on any atom is -0.480 e. The Bertz CT molecular complexity index is 1440. The van der Waals surface area contributed by atoms with E-state index < -0.39 is 18.4 Å². The molecular formula is C31H28N2O4. The van der Waals surface area contributed by atoms with E-state index in [-0.39, 0.29) is 11.7 Å². The van der Waals surface area contributed by atoms with Crippen molar-refractivity contribution in [2.45, 2.75) is 26.2 Å². The van der Waals surface area contributed by atoms with E-state index in [1.807, 2.05) is 62.4 Å². The summed E-state index contributed by atoms with van der Waals surface area (Å²) in [7, 11) is 0. The highest BCUT2D eigenvalue weighted by atomic mass is 16.4. The molecule has 1 unspecified atom stereocenters. The van der Waals surface area contributed by atoms with E-state index in [1.54, 1.807) is 30.5 Å². The summed E-state index contributed by atoms with van der Waals surface area (Å²) in [5.41, 5.74) is 6.71. The predicted molar refractivity (Wildman–Crippen MR) is 143 cm³/mol. The third kappa shape index (κ3) is 6.55. The van der Waals surface area contributed by atoms with Gasteiger partial charge in [0.2, 0.25) is 0 Å². The molecule has 0 bridgehead atoms. The zero-order chi connectivity index (χ0) is 26.4. The number of nitrogens with zero attached hydrogens (tertiary/aromatic N) is 1. The van der Waals surface area contributed by atoms with E-state index in [9.17, 15) is 14.4 Å². The van der Waals surface area contributed by atoms with Gasteiger partial charge in [0.05, 0.1) is 0 Å². The van der Waals surface area contributed by atoms with E-state index >= 15 is 0 Å². The molecule has 4 aromatic rings. The molecule has 0 spiro atoms. The average molecular weight is 493 g/mol. The summed E-state index contributed by atoms with van der Waals surface area (Å²) in [6, 6.07) is 26.8. The molecule has 1 atom stereocenters. The van der Waals surface area contributed by atoms with Gasteiger partial charge in [-0.15, -0.1) is 0 Å². The topological polar surface area (TPSA) is 96.4 Å². The maximum atomic E-state index is 13.3. The van der Waals surface area contributed by atoms with Crippen molar-refractivity contribution >= 4 is 17.7 Å². The van der Waals surface area contributed by atoms with Gasteiger partial charge in [-0.05, 0) is 60.4 Å². The molecule has 0 aliphatic rings. The standard InChI is InChI=1S/C31H28N2O4/c1-20-9-11-22(12-10-20)28(18-29(34)26-13-14-32-21(2)15-26)25-7-3-5-23(16-25)24-6-4-8-27(17-24)31(37)33-19-30(35)36/h3-17,28H,18-19H2,1-2H3,(H,33,37)(H,35,36). The van der Waals surface area contributed by atoms with Crippen molar-refractivity contribution in [3.05, 3.63) is 125 Å². The number of aromatic nitrogens is 1. The Morgan fingerprint density at radius 2 is 1.51 bits per heavy atom. The molecule has 3 aromatic carbocycles. The van der Waals surface area contributed by atoms with Crippen LogP contribution in [-0.4, -0.2) is 34.3 Å². The van der Waals surface area contributed by atoms with Crippen molar-refractivity contribution < 1.29 is 19.5 Å². The SMILES string of the molecule is Cc1ccc(C(CC(=O)c2ccnc(C)c2)c2cccc(-c3cccc(C(=O)NCC(=O)O)c3)c2)cc1. The largest absolute Gasteiger partial charge is 0.480 e. The summed E-state index contributed by atoms with van der Waals surface area (Å²) in [5, 5.41) is 11.2. The van der Waals surface area contributed by atoms with Crippen LogP contribution >= 0.6 is 0 Å². The number of hydrogen-bond donors (Lipinski definition) is 2. The first-order valence-electron chi connectivity index (χ1n) is 12.0. The van der Waals surface area contributed by atoms with Gasteiger partial charge >= 0.3 is 5.97 Å². The summed E-state index contributed by atoms with van der Waals surface area (Å²) in [6.45, 7) is 3.46. The van der Waals surface area contributed by atoms with Crippen LogP contribution < -0.4 is 5.32 Å². The molecule has 4 rings (SSSR count). The fraction of sp³-hybridized carbons (Fsp3) is 0.161. The van der Waals surface area contributed by atoms with Crippen LogP contribution in [0.4, 0.5) is 0 Å². The molecule has 1 heterocycles. The number of carboxylic acid groups (broad SMARTS) is 1. The van der Waals surface area contributed by atoms with Gasteiger partial charge in [0, 0.05) is 35.4 Å². The summed E-state index contributed by atoms with van der Waals surface area (Å²) >= 11 is 0. The molecule has 2 N–H and O–H groups in total. The van der Waals surface area contributed by atoms with Gasteiger partial charge in [-0.3, -0.25) is 19.4 Å². The molecule has 186 valence electrons. The number of Topliss-reactive ketones (excluding diaryl/α,β-unsaturated/α-hetero) is 1. The van der Waals surface area contributed by atoms with Crippen molar-refractivity contribution in [2.75, 3.05) is 6.54 Å². The second kappa shape index (κ2) is 11.4. The quantitative estimate of drug-likeness (QED) is 0.297. The number of carbonyl (C=O) groups is 3. The Balaban J connectivity index is 1.68. The van der Waals surface area contributed by atoms with Gasteiger partial charge in [-0.2, -0.15) is 0 Å². The lowest BCUT2D eigenvalue weighted by molar-refractivity contribution is -0.135. The van der Waals surface area contributed by atoms with Crippen LogP contribution in [0.2, 0.25) is 0 Å². The van der Waals surface area contributed by atoms with E-state index in [4.69, 9.17) is 5.11 Å². The van der Waals surface area contributed by atoms with Crippen LogP contribution in [0.5, 0.6) is 0 Å². The van der Waals surface area contributed by atoms with Gasteiger partial charge in [0.15, 0.2) is 5.78 Å². The van der Waals surface area contributed by atoms with Gasteiger partial charge in [-0.25, -0.2) is 0 Å². The number of amides is 1. The van der Waals surface area contributed by atoms with Gasteiger partial charge in [-0.1, -0.05) is 66.2 Å². The molecule has 6 nitrogen and oxygen atoms in total. The Kier molecular flexibility index (Phi) is 7.89. The minimum atomic E-state index is -1.10.